The smallest absolute Gasteiger partial charge is 0.270 e. The van der Waals surface area contributed by atoms with Crippen LogP contribution in [0.3, 0.4) is 0 Å². The number of benzene rings is 1. The van der Waals surface area contributed by atoms with Gasteiger partial charge in [0, 0.05) is 45.2 Å². The van der Waals surface area contributed by atoms with Crippen molar-refractivity contribution < 1.29 is 9.59 Å². The third-order valence-corrected chi connectivity index (χ3v) is 6.56. The number of anilines is 1. The van der Waals surface area contributed by atoms with Crippen LogP contribution in [0.2, 0.25) is 0 Å². The Labute approximate surface area is 183 Å². The second-order valence-electron chi connectivity index (χ2n) is 7.59. The van der Waals surface area contributed by atoms with Gasteiger partial charge in [-0.3, -0.25) is 9.59 Å². The van der Waals surface area contributed by atoms with E-state index in [9.17, 15) is 9.59 Å². The van der Waals surface area contributed by atoms with Crippen LogP contribution in [0, 0.1) is 0 Å². The monoisotopic (exact) mass is 434 g/mol. The zero-order valence-corrected chi connectivity index (χ0v) is 17.8. The molecule has 0 aliphatic carbocycles. The molecule has 2 aromatic heterocycles. The summed E-state index contributed by atoms with van der Waals surface area (Å²) in [5, 5.41) is 6.78. The third-order valence-electron chi connectivity index (χ3n) is 5.52. The fraction of sp³-hybridized carbons (Fsp3) is 0.318. The van der Waals surface area contributed by atoms with Gasteiger partial charge in [0.25, 0.3) is 5.91 Å². The van der Waals surface area contributed by atoms with Crippen molar-refractivity contribution in [2.24, 2.45) is 5.10 Å². The van der Waals surface area contributed by atoms with Crippen molar-refractivity contribution in [3.05, 3.63) is 54.2 Å². The molecule has 2 aliphatic heterocycles. The average molecular weight is 435 g/mol. The van der Waals surface area contributed by atoms with E-state index in [0.717, 1.165) is 21.0 Å². The van der Waals surface area contributed by atoms with Crippen molar-refractivity contribution in [2.45, 2.75) is 19.4 Å². The lowest BCUT2D eigenvalue weighted by Gasteiger charge is -2.35. The molecular formula is C22H22N6O2S. The van der Waals surface area contributed by atoms with Crippen LogP contribution >= 0.6 is 11.3 Å². The summed E-state index contributed by atoms with van der Waals surface area (Å²) in [5.41, 5.74) is 2.36. The Kier molecular flexibility index (Phi) is 5.33. The van der Waals surface area contributed by atoms with Crippen molar-refractivity contribution in [1.82, 2.24) is 19.9 Å². The molecule has 1 saturated heterocycles. The lowest BCUT2D eigenvalue weighted by molar-refractivity contribution is -0.132. The van der Waals surface area contributed by atoms with E-state index in [-0.39, 0.29) is 11.8 Å². The molecule has 0 saturated carbocycles. The first kappa shape index (κ1) is 19.6. The Bertz CT molecular complexity index is 1100. The highest BCUT2D eigenvalue weighted by Crippen LogP contribution is 2.27. The predicted octanol–water partition coefficient (Wildman–Crippen LogP) is 2.52. The predicted molar refractivity (Wildman–Crippen MR) is 120 cm³/mol. The summed E-state index contributed by atoms with van der Waals surface area (Å²) < 4.78 is 0. The third kappa shape index (κ3) is 4.13. The number of amides is 2. The molecule has 0 bridgehead atoms. The molecule has 158 valence electrons. The number of nitrogens with zero attached hydrogens (tertiary/aromatic N) is 6. The van der Waals surface area contributed by atoms with Crippen molar-refractivity contribution in [2.75, 3.05) is 31.1 Å². The highest BCUT2D eigenvalue weighted by molar-refractivity contribution is 7.21. The molecule has 1 fully saturated rings. The first-order chi connectivity index (χ1) is 15.2. The summed E-state index contributed by atoms with van der Waals surface area (Å²) in [6.45, 7) is 3.02. The fourth-order valence-corrected chi connectivity index (χ4v) is 4.77. The maximum atomic E-state index is 13.1. The molecule has 8 nitrogen and oxygen atoms in total. The molecule has 0 spiro atoms. The molecule has 0 unspecified atom stereocenters. The molecule has 1 aromatic carbocycles. The standard InChI is InChI=1S/C22H22N6O2S/c29-19-9-8-18(25-28(19)15-16-5-2-1-3-6-16)21(30)26-11-13-27(14-12-26)22-24-17-7-4-10-23-20(17)31-22/h1-7,10H,8-9,11-15H2. The molecule has 3 aromatic rings. The second-order valence-corrected chi connectivity index (χ2v) is 8.54. The highest BCUT2D eigenvalue weighted by Gasteiger charge is 2.30. The summed E-state index contributed by atoms with van der Waals surface area (Å²) in [6.07, 6.45) is 2.49. The first-order valence-electron chi connectivity index (χ1n) is 10.3. The zero-order valence-electron chi connectivity index (χ0n) is 17.0. The Hall–Kier alpha value is -3.33. The summed E-state index contributed by atoms with van der Waals surface area (Å²) in [5.74, 6) is -0.120. The van der Waals surface area contributed by atoms with Crippen molar-refractivity contribution in [3.8, 4) is 0 Å². The number of pyridine rings is 1. The van der Waals surface area contributed by atoms with Gasteiger partial charge in [-0.15, -0.1) is 0 Å². The molecule has 4 heterocycles. The largest absolute Gasteiger partial charge is 0.344 e. The summed E-state index contributed by atoms with van der Waals surface area (Å²) in [7, 11) is 0. The Morgan fingerprint density at radius 2 is 1.81 bits per heavy atom. The van der Waals surface area contributed by atoms with Crippen LogP contribution in [0.4, 0.5) is 5.13 Å². The van der Waals surface area contributed by atoms with Gasteiger partial charge in [-0.25, -0.2) is 15.0 Å². The first-order valence-corrected chi connectivity index (χ1v) is 11.2. The molecule has 2 amide bonds. The molecule has 0 radical (unpaired) electrons. The van der Waals surface area contributed by atoms with E-state index in [1.54, 1.807) is 17.5 Å². The normalized spacial score (nSPS) is 17.2. The van der Waals surface area contributed by atoms with E-state index in [2.05, 4.69) is 20.0 Å². The number of hydrogen-bond acceptors (Lipinski definition) is 7. The van der Waals surface area contributed by atoms with E-state index < -0.39 is 0 Å². The van der Waals surface area contributed by atoms with Crippen LogP contribution in [-0.4, -0.2) is 63.6 Å². The number of carbonyl (C=O) groups excluding carboxylic acids is 2. The summed E-state index contributed by atoms with van der Waals surface area (Å²) in [4.78, 5) is 39.3. The number of aromatic nitrogens is 2. The van der Waals surface area contributed by atoms with Gasteiger partial charge in [0.2, 0.25) is 5.91 Å². The van der Waals surface area contributed by atoms with Crippen LogP contribution in [-0.2, 0) is 16.1 Å². The molecular weight excluding hydrogens is 412 g/mol. The van der Waals surface area contributed by atoms with E-state index in [4.69, 9.17) is 0 Å². The number of hydrogen-bond donors (Lipinski definition) is 0. The molecule has 0 N–H and O–H groups in total. The molecule has 9 heteroatoms. The topological polar surface area (TPSA) is 82.0 Å². The van der Waals surface area contributed by atoms with Crippen LogP contribution in [0.25, 0.3) is 10.3 Å². The Morgan fingerprint density at radius 3 is 2.58 bits per heavy atom. The number of hydrazone groups is 1. The van der Waals surface area contributed by atoms with E-state index in [0.29, 0.717) is 51.3 Å². The Balaban J connectivity index is 1.24. The van der Waals surface area contributed by atoms with Gasteiger partial charge in [0.15, 0.2) is 5.13 Å². The van der Waals surface area contributed by atoms with Gasteiger partial charge in [0.1, 0.15) is 16.1 Å². The minimum Gasteiger partial charge on any atom is -0.344 e. The van der Waals surface area contributed by atoms with Gasteiger partial charge in [0.05, 0.1) is 6.54 Å². The SMILES string of the molecule is O=C(C1=NN(Cc2ccccc2)C(=O)CC1)N1CCN(c2nc3cccnc3s2)CC1. The molecule has 0 atom stereocenters. The fourth-order valence-electron chi connectivity index (χ4n) is 3.81. The highest BCUT2D eigenvalue weighted by atomic mass is 32.1. The van der Waals surface area contributed by atoms with Crippen LogP contribution in [0.1, 0.15) is 18.4 Å². The minimum absolute atomic E-state index is 0.0466. The van der Waals surface area contributed by atoms with Gasteiger partial charge in [-0.05, 0) is 17.7 Å². The van der Waals surface area contributed by atoms with Crippen LogP contribution < -0.4 is 4.90 Å². The van der Waals surface area contributed by atoms with Gasteiger partial charge >= 0.3 is 0 Å². The van der Waals surface area contributed by atoms with Crippen molar-refractivity contribution in [1.29, 1.82) is 0 Å². The molecule has 5 rings (SSSR count). The van der Waals surface area contributed by atoms with Gasteiger partial charge in [-0.1, -0.05) is 41.7 Å². The van der Waals surface area contributed by atoms with E-state index in [1.165, 1.54) is 5.01 Å². The van der Waals surface area contributed by atoms with Crippen LogP contribution in [0.5, 0.6) is 0 Å². The van der Waals surface area contributed by atoms with E-state index in [1.807, 2.05) is 47.4 Å². The number of piperazine rings is 1. The van der Waals surface area contributed by atoms with Crippen molar-refractivity contribution >= 4 is 44.3 Å². The summed E-state index contributed by atoms with van der Waals surface area (Å²) >= 11 is 1.58. The average Bonchev–Trinajstić information content (AvgIpc) is 3.25. The number of rotatable bonds is 4. The zero-order chi connectivity index (χ0) is 21.2. The summed E-state index contributed by atoms with van der Waals surface area (Å²) in [6, 6.07) is 13.6. The van der Waals surface area contributed by atoms with Crippen molar-refractivity contribution in [3.63, 3.8) is 0 Å². The second kappa shape index (κ2) is 8.43. The van der Waals surface area contributed by atoms with Gasteiger partial charge in [-0.2, -0.15) is 5.10 Å². The van der Waals surface area contributed by atoms with E-state index >= 15 is 0 Å². The number of fused-ring (bicyclic) bond motifs is 1. The molecule has 2 aliphatic rings. The number of thiazole rings is 1. The van der Waals surface area contributed by atoms with Crippen LogP contribution in [0.15, 0.2) is 53.8 Å². The number of carbonyl (C=O) groups is 2. The minimum atomic E-state index is -0.0730. The molecule has 31 heavy (non-hydrogen) atoms. The Morgan fingerprint density at radius 1 is 1.00 bits per heavy atom. The maximum Gasteiger partial charge on any atom is 0.270 e. The quantitative estimate of drug-likeness (QED) is 0.630. The van der Waals surface area contributed by atoms with Gasteiger partial charge < -0.3 is 9.80 Å². The lowest BCUT2D eigenvalue weighted by Crippen LogP contribution is -2.51. The maximum absolute atomic E-state index is 13.1. The lowest BCUT2D eigenvalue weighted by atomic mass is 10.1.